The lowest BCUT2D eigenvalue weighted by atomic mass is 9.88. The van der Waals surface area contributed by atoms with Crippen molar-refractivity contribution < 1.29 is 19.1 Å². The van der Waals surface area contributed by atoms with Crippen LogP contribution in [0.15, 0.2) is 35.3 Å². The van der Waals surface area contributed by atoms with Crippen LogP contribution >= 0.6 is 23.1 Å². The van der Waals surface area contributed by atoms with Gasteiger partial charge in [-0.15, -0.1) is 11.3 Å². The summed E-state index contributed by atoms with van der Waals surface area (Å²) in [6, 6.07) is 9.03. The van der Waals surface area contributed by atoms with Crippen LogP contribution in [0.4, 0.5) is 10.7 Å². The number of nitrogens with one attached hydrogen (secondary N) is 1. The minimum atomic E-state index is -0.760. The molecule has 1 aliphatic heterocycles. The number of amidine groups is 1. The highest BCUT2D eigenvalue weighted by molar-refractivity contribution is 8.15. The predicted molar refractivity (Wildman–Crippen MR) is 132 cm³/mol. The van der Waals surface area contributed by atoms with E-state index in [1.54, 1.807) is 19.1 Å². The summed E-state index contributed by atoms with van der Waals surface area (Å²) in [6.07, 6.45) is 4.25. The molecule has 1 fully saturated rings. The number of carbonyl (C=O) groups is 3. The number of carbonyl (C=O) groups excluding carboxylic acids is 3. The second-order valence-corrected chi connectivity index (χ2v) is 10.4. The molecule has 0 unspecified atom stereocenters. The lowest BCUT2D eigenvalue weighted by Gasteiger charge is -2.18. The van der Waals surface area contributed by atoms with E-state index in [9.17, 15) is 14.4 Å². The molecule has 0 saturated carbocycles. The molecule has 0 radical (unpaired) electrons. The van der Waals surface area contributed by atoms with Crippen molar-refractivity contribution in [3.05, 3.63) is 46.3 Å². The molecule has 1 aromatic carbocycles. The summed E-state index contributed by atoms with van der Waals surface area (Å²) in [5.41, 5.74) is 1.85. The molecule has 2 aliphatic rings. The van der Waals surface area contributed by atoms with Crippen LogP contribution in [0.3, 0.4) is 0 Å². The highest BCUT2D eigenvalue weighted by Gasteiger charge is 2.44. The molecule has 0 bridgehead atoms. The molecule has 176 valence electrons. The molecule has 1 aromatic heterocycles. The van der Waals surface area contributed by atoms with Crippen molar-refractivity contribution in [2.45, 2.75) is 44.8 Å². The monoisotopic (exact) mass is 496 g/mol. The fraction of sp³-hybridized carbons (Fsp3) is 0.375. The molecule has 1 N–H and O–H groups in total. The Labute approximate surface area is 206 Å². The topological polar surface area (TPSA) is 112 Å². The van der Waals surface area contributed by atoms with Gasteiger partial charge in [-0.25, -0.2) is 14.7 Å². The number of imide groups is 1. The van der Waals surface area contributed by atoms with Gasteiger partial charge in [0.25, 0.3) is 0 Å². The number of hydrogen-bond donors (Lipinski definition) is 1. The number of rotatable bonds is 5. The Bertz CT molecular complexity index is 1190. The number of amides is 2. The van der Waals surface area contributed by atoms with Crippen LogP contribution in [0.5, 0.6) is 0 Å². The highest BCUT2D eigenvalue weighted by atomic mass is 32.2. The zero-order valence-electron chi connectivity index (χ0n) is 18.9. The largest absolute Gasteiger partial charge is 0.462 e. The van der Waals surface area contributed by atoms with Gasteiger partial charge in [0.2, 0.25) is 11.8 Å². The van der Waals surface area contributed by atoms with E-state index >= 15 is 0 Å². The standard InChI is InChI=1S/C24H24N4O4S2/c1-3-32-23(31)20-16-10-9-14(2)11-17(16)33-22(20)28-19(29)12-18(21(28)30)34-24(26-13-25)27-15-7-5-4-6-8-15/h4-8,14,18H,3,9-12H2,1-2H3,(H,26,27)/t14-,18-/m1/s1. The minimum absolute atomic E-state index is 0.0499. The Morgan fingerprint density at radius 1 is 1.32 bits per heavy atom. The average molecular weight is 497 g/mol. The zero-order chi connectivity index (χ0) is 24.2. The Morgan fingerprint density at radius 2 is 2.09 bits per heavy atom. The van der Waals surface area contributed by atoms with Gasteiger partial charge in [-0.05, 0) is 49.8 Å². The van der Waals surface area contributed by atoms with E-state index < -0.39 is 17.1 Å². The van der Waals surface area contributed by atoms with Gasteiger partial charge in [0, 0.05) is 11.3 Å². The van der Waals surface area contributed by atoms with Crippen molar-refractivity contribution in [1.29, 1.82) is 5.26 Å². The van der Waals surface area contributed by atoms with Crippen LogP contribution in [0, 0.1) is 17.4 Å². The van der Waals surface area contributed by atoms with Gasteiger partial charge < -0.3 is 4.74 Å². The van der Waals surface area contributed by atoms with Crippen molar-refractivity contribution in [2.24, 2.45) is 10.9 Å². The molecule has 1 saturated heterocycles. The third kappa shape index (κ3) is 4.86. The summed E-state index contributed by atoms with van der Waals surface area (Å²) in [5.74, 6) is -0.835. The molecule has 0 spiro atoms. The number of nitriles is 1. The van der Waals surface area contributed by atoms with Crippen LogP contribution in [0.1, 0.15) is 47.5 Å². The first-order chi connectivity index (χ1) is 16.4. The average Bonchev–Trinajstić information content (AvgIpc) is 3.30. The SMILES string of the molecule is CCOC(=O)c1c(N2C(=O)C[C@@H](SC(=Nc3ccccc3)NC#N)C2=O)sc2c1CC[C@@H](C)C2. The highest BCUT2D eigenvalue weighted by Crippen LogP contribution is 2.44. The second-order valence-electron chi connectivity index (χ2n) is 8.12. The van der Waals surface area contributed by atoms with E-state index in [0.717, 1.165) is 46.4 Å². The van der Waals surface area contributed by atoms with Crippen molar-refractivity contribution in [3.63, 3.8) is 0 Å². The maximum absolute atomic E-state index is 13.4. The Hall–Kier alpha value is -3.16. The summed E-state index contributed by atoms with van der Waals surface area (Å²) >= 11 is 2.37. The molecule has 1 aliphatic carbocycles. The number of fused-ring (bicyclic) bond motifs is 1. The van der Waals surface area contributed by atoms with Gasteiger partial charge in [-0.3, -0.25) is 14.9 Å². The van der Waals surface area contributed by atoms with Crippen LogP contribution in [-0.4, -0.2) is 34.8 Å². The third-order valence-electron chi connectivity index (χ3n) is 5.68. The van der Waals surface area contributed by atoms with E-state index in [2.05, 4.69) is 17.2 Å². The van der Waals surface area contributed by atoms with Crippen molar-refractivity contribution in [2.75, 3.05) is 11.5 Å². The molecule has 2 atom stereocenters. The number of aliphatic imine (C=N–C) groups is 1. The van der Waals surface area contributed by atoms with Crippen LogP contribution < -0.4 is 10.2 Å². The van der Waals surface area contributed by atoms with Crippen LogP contribution in [0.2, 0.25) is 0 Å². The van der Waals surface area contributed by atoms with E-state index in [-0.39, 0.29) is 24.1 Å². The first-order valence-electron chi connectivity index (χ1n) is 11.1. The third-order valence-corrected chi connectivity index (χ3v) is 7.99. The maximum Gasteiger partial charge on any atom is 0.341 e. The number of hydrogen-bond acceptors (Lipinski definition) is 8. The van der Waals surface area contributed by atoms with Crippen molar-refractivity contribution in [1.82, 2.24) is 5.32 Å². The predicted octanol–water partition coefficient (Wildman–Crippen LogP) is 4.17. The zero-order valence-corrected chi connectivity index (χ0v) is 20.5. The lowest BCUT2D eigenvalue weighted by Crippen LogP contribution is -2.32. The number of esters is 1. The first-order valence-corrected chi connectivity index (χ1v) is 12.8. The summed E-state index contributed by atoms with van der Waals surface area (Å²) in [6.45, 7) is 4.09. The molecule has 4 rings (SSSR count). The number of anilines is 1. The molecule has 2 aromatic rings. The number of nitrogens with zero attached hydrogens (tertiary/aromatic N) is 3. The molecular formula is C24H24N4O4S2. The molecule has 10 heteroatoms. The van der Waals surface area contributed by atoms with Gasteiger partial charge >= 0.3 is 5.97 Å². The van der Waals surface area contributed by atoms with Crippen LogP contribution in [0.25, 0.3) is 0 Å². The Balaban J connectivity index is 1.65. The van der Waals surface area contributed by atoms with Gasteiger partial charge in [-0.1, -0.05) is 36.9 Å². The number of benzene rings is 1. The van der Waals surface area contributed by atoms with Gasteiger partial charge in [0.05, 0.1) is 17.9 Å². The van der Waals surface area contributed by atoms with Crippen molar-refractivity contribution >= 4 is 56.7 Å². The van der Waals surface area contributed by atoms with E-state index in [4.69, 9.17) is 10.00 Å². The van der Waals surface area contributed by atoms with Gasteiger partial charge in [0.15, 0.2) is 11.4 Å². The second kappa shape index (κ2) is 10.4. The fourth-order valence-electron chi connectivity index (χ4n) is 4.10. The smallest absolute Gasteiger partial charge is 0.341 e. The Morgan fingerprint density at radius 3 is 2.79 bits per heavy atom. The normalized spacial score (nSPS) is 20.1. The lowest BCUT2D eigenvalue weighted by molar-refractivity contribution is -0.121. The fourth-order valence-corrected chi connectivity index (χ4v) is 6.59. The molecule has 2 amide bonds. The molecule has 34 heavy (non-hydrogen) atoms. The number of thiophene rings is 1. The Kier molecular flexibility index (Phi) is 7.34. The van der Waals surface area contributed by atoms with E-state index in [1.165, 1.54) is 11.3 Å². The maximum atomic E-state index is 13.4. The van der Waals surface area contributed by atoms with E-state index in [1.807, 2.05) is 24.4 Å². The summed E-state index contributed by atoms with van der Waals surface area (Å²) in [7, 11) is 0. The molecule has 2 heterocycles. The van der Waals surface area contributed by atoms with Crippen LogP contribution in [-0.2, 0) is 27.2 Å². The first kappa shape index (κ1) is 24.0. The summed E-state index contributed by atoms with van der Waals surface area (Å²) < 4.78 is 5.29. The van der Waals surface area contributed by atoms with Crippen molar-refractivity contribution in [3.8, 4) is 6.19 Å². The number of ether oxygens (including phenoxy) is 1. The van der Waals surface area contributed by atoms with E-state index in [0.29, 0.717) is 22.2 Å². The summed E-state index contributed by atoms with van der Waals surface area (Å²) in [4.78, 5) is 45.8. The minimum Gasteiger partial charge on any atom is -0.462 e. The number of thioether (sulfide) groups is 1. The van der Waals surface area contributed by atoms with Gasteiger partial charge in [-0.2, -0.15) is 5.26 Å². The quantitative estimate of drug-likeness (QED) is 0.165. The summed E-state index contributed by atoms with van der Waals surface area (Å²) in [5, 5.41) is 11.5. The molecule has 8 nitrogen and oxygen atoms in total. The molecular weight excluding hydrogens is 472 g/mol. The number of para-hydroxylation sites is 1. The van der Waals surface area contributed by atoms with Gasteiger partial charge in [0.1, 0.15) is 10.3 Å².